The Labute approximate surface area is 181 Å². The molecule has 0 saturated heterocycles. The first-order valence-corrected chi connectivity index (χ1v) is 10.5. The van der Waals surface area contributed by atoms with Crippen LogP contribution in [0.25, 0.3) is 21.8 Å². The number of hydrogen-bond donors (Lipinski definition) is 3. The highest BCUT2D eigenvalue weighted by molar-refractivity contribution is 6.08. The van der Waals surface area contributed by atoms with Gasteiger partial charge in [-0.3, -0.25) is 9.59 Å². The van der Waals surface area contributed by atoms with Crippen LogP contribution < -0.4 is 10.6 Å². The van der Waals surface area contributed by atoms with Crippen LogP contribution in [0.3, 0.4) is 0 Å². The third kappa shape index (κ3) is 4.71. The highest BCUT2D eigenvalue weighted by atomic mass is 16.4. The molecule has 31 heavy (non-hydrogen) atoms. The van der Waals surface area contributed by atoms with Gasteiger partial charge in [0.2, 0.25) is 11.8 Å². The fourth-order valence-electron chi connectivity index (χ4n) is 3.83. The van der Waals surface area contributed by atoms with E-state index in [9.17, 15) is 19.5 Å². The van der Waals surface area contributed by atoms with Crippen molar-refractivity contribution in [3.8, 4) is 0 Å². The number of nitrogens with one attached hydrogen (secondary N) is 2. The van der Waals surface area contributed by atoms with E-state index in [2.05, 4.69) is 10.6 Å². The summed E-state index contributed by atoms with van der Waals surface area (Å²) in [7, 11) is 0. The lowest BCUT2D eigenvalue weighted by Gasteiger charge is -2.25. The van der Waals surface area contributed by atoms with Crippen molar-refractivity contribution < 1.29 is 19.5 Å². The minimum atomic E-state index is -1.09. The van der Waals surface area contributed by atoms with Crippen LogP contribution in [0.5, 0.6) is 0 Å². The van der Waals surface area contributed by atoms with Crippen molar-refractivity contribution in [2.24, 2.45) is 11.8 Å². The van der Waals surface area contributed by atoms with Gasteiger partial charge in [-0.2, -0.15) is 0 Å². The summed E-state index contributed by atoms with van der Waals surface area (Å²) in [6, 6.07) is 13.9. The number of benzene rings is 2. The third-order valence-electron chi connectivity index (χ3n) is 5.48. The zero-order chi connectivity index (χ0) is 22.7. The molecular formula is C24H29N3O4. The molecule has 0 saturated carbocycles. The van der Waals surface area contributed by atoms with E-state index in [1.165, 1.54) is 0 Å². The molecule has 0 spiro atoms. The molecule has 2 aromatic carbocycles. The second-order valence-electron chi connectivity index (χ2n) is 8.48. The summed E-state index contributed by atoms with van der Waals surface area (Å²) in [6.45, 7) is 7.14. The van der Waals surface area contributed by atoms with E-state index >= 15 is 0 Å². The zero-order valence-corrected chi connectivity index (χ0v) is 18.3. The van der Waals surface area contributed by atoms with E-state index in [4.69, 9.17) is 0 Å². The number of fused-ring (bicyclic) bond motifs is 3. The fourth-order valence-corrected chi connectivity index (χ4v) is 3.83. The number of carbonyl (C=O) groups is 3. The van der Waals surface area contributed by atoms with E-state index in [0.29, 0.717) is 0 Å². The van der Waals surface area contributed by atoms with Gasteiger partial charge in [0.15, 0.2) is 0 Å². The van der Waals surface area contributed by atoms with Crippen molar-refractivity contribution in [2.45, 2.75) is 46.3 Å². The fraction of sp³-hybridized carbons (Fsp3) is 0.375. The van der Waals surface area contributed by atoms with Gasteiger partial charge in [0.25, 0.3) is 0 Å². The van der Waals surface area contributed by atoms with Crippen molar-refractivity contribution in [3.63, 3.8) is 0 Å². The van der Waals surface area contributed by atoms with E-state index < -0.39 is 24.0 Å². The molecule has 1 heterocycles. The van der Waals surface area contributed by atoms with Gasteiger partial charge in [-0.05, 0) is 24.0 Å². The van der Waals surface area contributed by atoms with Gasteiger partial charge in [-0.15, -0.1) is 0 Å². The molecule has 2 amide bonds. The standard InChI is InChI=1S/C24H29N3O4/c1-14(2)21(23(29)26-22(15(3)4)24(30)31)25-20(28)13-27-18-11-7-5-9-16(18)17-10-6-8-12-19(17)27/h5-12,14-15,21-22H,13H2,1-4H3,(H,25,28)(H,26,29)(H,30,31)/t21-,22-/m0/s1. The zero-order valence-electron chi connectivity index (χ0n) is 18.3. The summed E-state index contributed by atoms with van der Waals surface area (Å²) in [5.74, 6) is -2.38. The smallest absolute Gasteiger partial charge is 0.326 e. The maximum Gasteiger partial charge on any atom is 0.326 e. The normalized spacial score (nSPS) is 13.5. The average molecular weight is 424 g/mol. The van der Waals surface area contributed by atoms with Crippen molar-refractivity contribution in [3.05, 3.63) is 48.5 Å². The molecule has 3 N–H and O–H groups in total. The predicted octanol–water partition coefficient (Wildman–Crippen LogP) is 3.16. The molecular weight excluding hydrogens is 394 g/mol. The topological polar surface area (TPSA) is 100 Å². The molecule has 3 aromatic rings. The third-order valence-corrected chi connectivity index (χ3v) is 5.48. The number of carbonyl (C=O) groups excluding carboxylic acids is 2. The molecule has 3 rings (SSSR count). The minimum Gasteiger partial charge on any atom is -0.480 e. The van der Waals surface area contributed by atoms with Crippen LogP contribution in [0.1, 0.15) is 27.7 Å². The first-order chi connectivity index (χ1) is 14.7. The van der Waals surface area contributed by atoms with Crippen LogP contribution in [0.2, 0.25) is 0 Å². The van der Waals surface area contributed by atoms with Gasteiger partial charge in [0, 0.05) is 21.8 Å². The summed E-state index contributed by atoms with van der Waals surface area (Å²) < 4.78 is 1.93. The molecule has 0 bridgehead atoms. The molecule has 7 heteroatoms. The molecule has 0 unspecified atom stereocenters. The summed E-state index contributed by atoms with van der Waals surface area (Å²) in [4.78, 5) is 37.2. The number of amides is 2. The Bertz CT molecular complexity index is 1060. The van der Waals surface area contributed by atoms with Gasteiger partial charge in [0.1, 0.15) is 18.6 Å². The number of nitrogens with zero attached hydrogens (tertiary/aromatic N) is 1. The average Bonchev–Trinajstić information content (AvgIpc) is 3.03. The molecule has 2 atom stereocenters. The van der Waals surface area contributed by atoms with Crippen LogP contribution in [-0.4, -0.2) is 39.5 Å². The lowest BCUT2D eigenvalue weighted by molar-refractivity contribution is -0.143. The Balaban J connectivity index is 1.82. The molecule has 0 radical (unpaired) electrons. The summed E-state index contributed by atoms with van der Waals surface area (Å²) >= 11 is 0. The number of rotatable bonds is 8. The first-order valence-electron chi connectivity index (χ1n) is 10.5. The second-order valence-corrected chi connectivity index (χ2v) is 8.48. The molecule has 0 aliphatic heterocycles. The van der Waals surface area contributed by atoms with Gasteiger partial charge in [-0.1, -0.05) is 64.1 Å². The Morgan fingerprint density at radius 2 is 1.29 bits per heavy atom. The number of carboxylic acids is 1. The Kier molecular flexibility index (Phi) is 6.63. The second kappa shape index (κ2) is 9.20. The molecule has 164 valence electrons. The molecule has 1 aromatic heterocycles. The van der Waals surface area contributed by atoms with Crippen LogP contribution in [0.4, 0.5) is 0 Å². The van der Waals surface area contributed by atoms with Crippen LogP contribution in [0.15, 0.2) is 48.5 Å². The number of aliphatic carboxylic acids is 1. The lowest BCUT2D eigenvalue weighted by atomic mass is 10.0. The first kappa shape index (κ1) is 22.3. The summed E-state index contributed by atoms with van der Waals surface area (Å²) in [6.07, 6.45) is 0. The number of hydrogen-bond acceptors (Lipinski definition) is 3. The maximum atomic E-state index is 12.9. The van der Waals surface area contributed by atoms with Crippen molar-refractivity contribution >= 4 is 39.6 Å². The number of aromatic nitrogens is 1. The summed E-state index contributed by atoms with van der Waals surface area (Å²) in [5, 5.41) is 16.8. The van der Waals surface area contributed by atoms with Gasteiger partial charge in [-0.25, -0.2) is 4.79 Å². The quantitative estimate of drug-likeness (QED) is 0.518. The lowest BCUT2D eigenvalue weighted by Crippen LogP contribution is -2.55. The van der Waals surface area contributed by atoms with Crippen molar-refractivity contribution in [1.29, 1.82) is 0 Å². The molecule has 0 aliphatic carbocycles. The van der Waals surface area contributed by atoms with Crippen LogP contribution >= 0.6 is 0 Å². The minimum absolute atomic E-state index is 0.0526. The molecule has 0 fully saturated rings. The SMILES string of the molecule is CC(C)[C@H](NC(=O)[C@@H](NC(=O)Cn1c2ccccc2c2ccccc21)C(C)C)C(=O)O. The molecule has 7 nitrogen and oxygen atoms in total. The Morgan fingerprint density at radius 3 is 1.74 bits per heavy atom. The molecule has 0 aliphatic rings. The number of para-hydroxylation sites is 2. The van der Waals surface area contributed by atoms with Gasteiger partial charge < -0.3 is 20.3 Å². The maximum absolute atomic E-state index is 12.9. The van der Waals surface area contributed by atoms with E-state index in [-0.39, 0.29) is 24.3 Å². The van der Waals surface area contributed by atoms with E-state index in [1.807, 2.05) is 66.9 Å². The van der Waals surface area contributed by atoms with Crippen molar-refractivity contribution in [2.75, 3.05) is 0 Å². The highest BCUT2D eigenvalue weighted by Crippen LogP contribution is 2.28. The Hall–Kier alpha value is -3.35. The van der Waals surface area contributed by atoms with E-state index in [0.717, 1.165) is 21.8 Å². The Morgan fingerprint density at radius 1 is 0.806 bits per heavy atom. The van der Waals surface area contributed by atoms with Crippen LogP contribution in [-0.2, 0) is 20.9 Å². The predicted molar refractivity (Wildman–Crippen MR) is 121 cm³/mol. The number of carboxylic acid groups (broad SMARTS) is 1. The monoisotopic (exact) mass is 423 g/mol. The van der Waals surface area contributed by atoms with Gasteiger partial charge >= 0.3 is 5.97 Å². The van der Waals surface area contributed by atoms with Crippen LogP contribution in [0, 0.1) is 11.8 Å². The largest absolute Gasteiger partial charge is 0.480 e. The van der Waals surface area contributed by atoms with Crippen molar-refractivity contribution in [1.82, 2.24) is 15.2 Å². The van der Waals surface area contributed by atoms with Gasteiger partial charge in [0.05, 0.1) is 0 Å². The summed E-state index contributed by atoms with van der Waals surface area (Å²) in [5.41, 5.74) is 1.88. The van der Waals surface area contributed by atoms with E-state index in [1.54, 1.807) is 13.8 Å². The highest BCUT2D eigenvalue weighted by Gasteiger charge is 2.30.